The lowest BCUT2D eigenvalue weighted by molar-refractivity contribution is -0.133. The summed E-state index contributed by atoms with van der Waals surface area (Å²) in [5.41, 5.74) is 5.81. The van der Waals surface area contributed by atoms with Gasteiger partial charge in [0, 0.05) is 6.04 Å². The number of aliphatic carboxylic acids is 1. The number of anilines is 1. The molecule has 0 amide bonds. The molecular formula is C12H22N4O2S. The summed E-state index contributed by atoms with van der Waals surface area (Å²) in [5.74, 6) is 0.137. The molecule has 0 aliphatic rings. The van der Waals surface area contributed by atoms with Crippen LogP contribution in [-0.2, 0) is 4.79 Å². The van der Waals surface area contributed by atoms with Crippen molar-refractivity contribution < 1.29 is 9.90 Å². The van der Waals surface area contributed by atoms with Crippen LogP contribution in [0.3, 0.4) is 0 Å². The van der Waals surface area contributed by atoms with E-state index >= 15 is 0 Å². The van der Waals surface area contributed by atoms with Gasteiger partial charge in [0.15, 0.2) is 5.16 Å². The molecule has 1 unspecified atom stereocenters. The number of nitrogens with two attached hydrogens (primary N) is 1. The average Bonchev–Trinajstić information content (AvgIpc) is 2.67. The molecule has 0 radical (unpaired) electrons. The van der Waals surface area contributed by atoms with Crippen LogP contribution in [0.1, 0.15) is 46.1 Å². The largest absolute Gasteiger partial charge is 0.481 e. The molecule has 0 saturated heterocycles. The highest BCUT2D eigenvalue weighted by molar-refractivity contribution is 7.99. The number of carboxylic acid groups (broad SMARTS) is 1. The van der Waals surface area contributed by atoms with E-state index < -0.39 is 5.97 Å². The Bertz CT molecular complexity index is 420. The summed E-state index contributed by atoms with van der Waals surface area (Å²) in [7, 11) is 0. The van der Waals surface area contributed by atoms with Gasteiger partial charge in [-0.15, -0.1) is 10.2 Å². The van der Waals surface area contributed by atoms with Gasteiger partial charge < -0.3 is 10.8 Å². The number of nitrogen functional groups attached to an aromatic ring is 1. The maximum atomic E-state index is 10.6. The van der Waals surface area contributed by atoms with E-state index in [0.29, 0.717) is 17.0 Å². The second kappa shape index (κ2) is 7.37. The lowest BCUT2D eigenvalue weighted by atomic mass is 10.0. The summed E-state index contributed by atoms with van der Waals surface area (Å²) in [6, 6.07) is 0.185. The van der Waals surface area contributed by atoms with Gasteiger partial charge in [0.1, 0.15) is 0 Å². The van der Waals surface area contributed by atoms with Crippen molar-refractivity contribution in [2.45, 2.75) is 51.2 Å². The van der Waals surface area contributed by atoms with E-state index in [1.54, 1.807) is 0 Å². The van der Waals surface area contributed by atoms with Gasteiger partial charge in [-0.25, -0.2) is 0 Å². The third-order valence-electron chi connectivity index (χ3n) is 2.86. The zero-order valence-corrected chi connectivity index (χ0v) is 12.5. The number of hydrogen-bond acceptors (Lipinski definition) is 5. The van der Waals surface area contributed by atoms with Crippen LogP contribution in [0, 0.1) is 5.92 Å². The van der Waals surface area contributed by atoms with Crippen LogP contribution < -0.4 is 5.73 Å². The van der Waals surface area contributed by atoms with Crippen LogP contribution in [0.2, 0.25) is 0 Å². The summed E-state index contributed by atoms with van der Waals surface area (Å²) in [6.45, 7) is 6.46. The van der Waals surface area contributed by atoms with Crippen molar-refractivity contribution in [3.63, 3.8) is 0 Å². The molecule has 7 heteroatoms. The molecule has 6 nitrogen and oxygen atoms in total. The maximum Gasteiger partial charge on any atom is 0.313 e. The van der Waals surface area contributed by atoms with Gasteiger partial charge in [-0.3, -0.25) is 9.36 Å². The fourth-order valence-corrected chi connectivity index (χ4v) is 2.64. The number of rotatable bonds is 8. The first kappa shape index (κ1) is 15.8. The van der Waals surface area contributed by atoms with Crippen molar-refractivity contribution in [3.05, 3.63) is 0 Å². The smallest absolute Gasteiger partial charge is 0.313 e. The topological polar surface area (TPSA) is 94.0 Å². The Morgan fingerprint density at radius 3 is 2.63 bits per heavy atom. The van der Waals surface area contributed by atoms with Gasteiger partial charge in [0.25, 0.3) is 0 Å². The molecule has 0 bridgehead atoms. The van der Waals surface area contributed by atoms with Gasteiger partial charge in [0.05, 0.1) is 5.75 Å². The van der Waals surface area contributed by atoms with Crippen molar-refractivity contribution >= 4 is 23.7 Å². The molecule has 1 aromatic heterocycles. The van der Waals surface area contributed by atoms with Gasteiger partial charge in [-0.05, 0) is 19.3 Å². The Balaban J connectivity index is 2.64. The number of carboxylic acids is 1. The predicted molar refractivity (Wildman–Crippen MR) is 76.2 cm³/mol. The summed E-state index contributed by atoms with van der Waals surface area (Å²) >= 11 is 1.15. The molecule has 0 saturated carbocycles. The number of thioether (sulfide) groups is 1. The Labute approximate surface area is 117 Å². The molecule has 1 heterocycles. The SMILES string of the molecule is CC(C)CCCC(C)n1c(N)nnc1SCC(=O)O. The minimum Gasteiger partial charge on any atom is -0.481 e. The molecule has 108 valence electrons. The molecule has 0 spiro atoms. The zero-order valence-electron chi connectivity index (χ0n) is 11.7. The lowest BCUT2D eigenvalue weighted by Crippen LogP contribution is -2.11. The number of hydrogen-bond donors (Lipinski definition) is 2. The maximum absolute atomic E-state index is 10.6. The molecule has 3 N–H and O–H groups in total. The van der Waals surface area contributed by atoms with Crippen LogP contribution in [0.4, 0.5) is 5.95 Å². The summed E-state index contributed by atoms with van der Waals surface area (Å²) in [4.78, 5) is 10.6. The number of aromatic nitrogens is 3. The van der Waals surface area contributed by atoms with Crippen LogP contribution in [0.25, 0.3) is 0 Å². The molecule has 0 fully saturated rings. The monoisotopic (exact) mass is 286 g/mol. The number of nitrogens with zero attached hydrogens (tertiary/aromatic N) is 3. The van der Waals surface area contributed by atoms with E-state index in [9.17, 15) is 4.79 Å². The van der Waals surface area contributed by atoms with E-state index in [1.807, 2.05) is 4.57 Å². The average molecular weight is 286 g/mol. The first-order valence-corrected chi connectivity index (χ1v) is 7.45. The molecule has 1 atom stereocenters. The lowest BCUT2D eigenvalue weighted by Gasteiger charge is -2.16. The Kier molecular flexibility index (Phi) is 6.14. The third-order valence-corrected chi connectivity index (χ3v) is 3.79. The van der Waals surface area contributed by atoms with Gasteiger partial charge in [-0.1, -0.05) is 38.5 Å². The zero-order chi connectivity index (χ0) is 14.4. The normalized spacial score (nSPS) is 12.8. The minimum atomic E-state index is -0.870. The standard InChI is InChI=1S/C12H22N4O2S/c1-8(2)5-4-6-9(3)16-11(13)14-15-12(16)19-7-10(17)18/h8-9H,4-7H2,1-3H3,(H2,13,14)(H,17,18). The molecular weight excluding hydrogens is 264 g/mol. The molecule has 0 aromatic carbocycles. The van der Waals surface area contributed by atoms with Crippen molar-refractivity contribution in [3.8, 4) is 0 Å². The van der Waals surface area contributed by atoms with Crippen LogP contribution in [0.15, 0.2) is 5.16 Å². The molecule has 19 heavy (non-hydrogen) atoms. The van der Waals surface area contributed by atoms with Crippen molar-refractivity contribution in [2.75, 3.05) is 11.5 Å². The highest BCUT2D eigenvalue weighted by atomic mass is 32.2. The van der Waals surface area contributed by atoms with E-state index in [0.717, 1.165) is 24.6 Å². The van der Waals surface area contributed by atoms with E-state index in [4.69, 9.17) is 10.8 Å². The van der Waals surface area contributed by atoms with Crippen molar-refractivity contribution in [2.24, 2.45) is 5.92 Å². The van der Waals surface area contributed by atoms with Crippen molar-refractivity contribution in [1.29, 1.82) is 0 Å². The summed E-state index contributed by atoms with van der Waals surface area (Å²) in [6.07, 6.45) is 3.27. The first-order chi connectivity index (χ1) is 8.91. The molecule has 0 aliphatic heterocycles. The van der Waals surface area contributed by atoms with Gasteiger partial charge >= 0.3 is 5.97 Å². The highest BCUT2D eigenvalue weighted by Gasteiger charge is 2.16. The first-order valence-electron chi connectivity index (χ1n) is 6.46. The minimum absolute atomic E-state index is 0.0309. The quantitative estimate of drug-likeness (QED) is 0.713. The molecule has 1 rings (SSSR count). The Morgan fingerprint density at radius 2 is 2.05 bits per heavy atom. The van der Waals surface area contributed by atoms with Gasteiger partial charge in [-0.2, -0.15) is 0 Å². The predicted octanol–water partition coefficient (Wildman–Crippen LogP) is 2.42. The van der Waals surface area contributed by atoms with Gasteiger partial charge in [0.2, 0.25) is 5.95 Å². The van der Waals surface area contributed by atoms with E-state index in [2.05, 4.69) is 31.0 Å². The summed E-state index contributed by atoms with van der Waals surface area (Å²) < 4.78 is 1.83. The van der Waals surface area contributed by atoms with Crippen molar-refractivity contribution in [1.82, 2.24) is 14.8 Å². The molecule has 1 aromatic rings. The molecule has 0 aliphatic carbocycles. The van der Waals surface area contributed by atoms with E-state index in [1.165, 1.54) is 6.42 Å². The Morgan fingerprint density at radius 1 is 1.37 bits per heavy atom. The fraction of sp³-hybridized carbons (Fsp3) is 0.750. The second-order valence-electron chi connectivity index (χ2n) is 5.07. The number of carbonyl (C=O) groups is 1. The van der Waals surface area contributed by atoms with E-state index in [-0.39, 0.29) is 11.8 Å². The van der Waals surface area contributed by atoms with Crippen LogP contribution in [0.5, 0.6) is 0 Å². The fourth-order valence-electron chi connectivity index (χ4n) is 1.88. The van der Waals surface area contributed by atoms with Crippen LogP contribution in [-0.4, -0.2) is 31.6 Å². The summed E-state index contributed by atoms with van der Waals surface area (Å²) in [5, 5.41) is 17.1. The highest BCUT2D eigenvalue weighted by Crippen LogP contribution is 2.26. The third kappa shape index (κ3) is 5.10. The Hall–Kier alpha value is -1.24. The second-order valence-corrected chi connectivity index (χ2v) is 6.01. The van der Waals surface area contributed by atoms with Crippen LogP contribution >= 0.6 is 11.8 Å².